The molecule has 3 aromatic rings. The number of benzene rings is 2. The molecule has 1 aliphatic heterocycles. The SMILES string of the molecule is CCN1CCN(c2ccc(C(F)(F)F)cc2NC(=O)CSc2nnnn2-c2ccccc2)CC1. The van der Waals surface area contributed by atoms with Crippen molar-refractivity contribution in [2.75, 3.05) is 48.7 Å². The van der Waals surface area contributed by atoms with Crippen LogP contribution in [0.3, 0.4) is 0 Å². The molecule has 34 heavy (non-hydrogen) atoms. The molecule has 1 saturated heterocycles. The molecule has 1 amide bonds. The molecule has 1 aromatic heterocycles. The van der Waals surface area contributed by atoms with Crippen molar-refractivity contribution in [2.24, 2.45) is 0 Å². The first kappa shape index (κ1) is 24.0. The number of alkyl halides is 3. The van der Waals surface area contributed by atoms with Gasteiger partial charge in [0, 0.05) is 26.2 Å². The lowest BCUT2D eigenvalue weighted by Crippen LogP contribution is -2.46. The Kier molecular flexibility index (Phi) is 7.37. The molecule has 2 heterocycles. The average Bonchev–Trinajstić information content (AvgIpc) is 3.31. The van der Waals surface area contributed by atoms with E-state index in [0.29, 0.717) is 23.9 Å². The van der Waals surface area contributed by atoms with E-state index in [1.807, 2.05) is 35.2 Å². The molecular weight excluding hydrogens is 467 g/mol. The highest BCUT2D eigenvalue weighted by molar-refractivity contribution is 7.99. The van der Waals surface area contributed by atoms with Crippen LogP contribution in [-0.4, -0.2) is 69.5 Å². The van der Waals surface area contributed by atoms with Gasteiger partial charge in [-0.1, -0.05) is 36.9 Å². The first-order valence-electron chi connectivity index (χ1n) is 10.8. The second kappa shape index (κ2) is 10.4. The van der Waals surface area contributed by atoms with Gasteiger partial charge >= 0.3 is 6.18 Å². The topological polar surface area (TPSA) is 79.2 Å². The molecule has 0 aliphatic carbocycles. The van der Waals surface area contributed by atoms with Crippen LogP contribution >= 0.6 is 11.8 Å². The number of carbonyl (C=O) groups is 1. The van der Waals surface area contributed by atoms with E-state index >= 15 is 0 Å². The van der Waals surface area contributed by atoms with Crippen molar-refractivity contribution >= 4 is 29.0 Å². The van der Waals surface area contributed by atoms with Crippen LogP contribution in [0.15, 0.2) is 53.7 Å². The van der Waals surface area contributed by atoms with Crippen molar-refractivity contribution in [2.45, 2.75) is 18.3 Å². The molecule has 4 rings (SSSR count). The van der Waals surface area contributed by atoms with Crippen LogP contribution < -0.4 is 10.2 Å². The van der Waals surface area contributed by atoms with Gasteiger partial charge < -0.3 is 15.1 Å². The van der Waals surface area contributed by atoms with Crippen LogP contribution in [-0.2, 0) is 11.0 Å². The summed E-state index contributed by atoms with van der Waals surface area (Å²) in [5.74, 6) is -0.507. The number of nitrogens with zero attached hydrogens (tertiary/aromatic N) is 6. The molecule has 1 aliphatic rings. The molecule has 1 fully saturated rings. The van der Waals surface area contributed by atoms with E-state index < -0.39 is 17.6 Å². The molecular formula is C22H24F3N7OS. The van der Waals surface area contributed by atoms with Crippen molar-refractivity contribution in [3.8, 4) is 5.69 Å². The molecule has 1 N–H and O–H groups in total. The van der Waals surface area contributed by atoms with Gasteiger partial charge in [-0.05, 0) is 47.3 Å². The van der Waals surface area contributed by atoms with Crippen LogP contribution in [0.2, 0.25) is 0 Å². The van der Waals surface area contributed by atoms with Crippen molar-refractivity contribution in [1.29, 1.82) is 0 Å². The second-order valence-corrected chi connectivity index (χ2v) is 8.64. The molecule has 8 nitrogen and oxygen atoms in total. The standard InChI is InChI=1S/C22H24F3N7OS/c1-2-30-10-12-31(13-11-30)19-9-8-16(22(23,24)25)14-18(19)26-20(33)15-34-21-27-28-29-32(21)17-6-4-3-5-7-17/h3-9,14H,2,10-13,15H2,1H3,(H,26,33). The minimum absolute atomic E-state index is 0.0630. The summed E-state index contributed by atoms with van der Waals surface area (Å²) in [4.78, 5) is 17.0. The number of piperazine rings is 1. The fraction of sp³-hybridized carbons (Fsp3) is 0.364. The van der Waals surface area contributed by atoms with Crippen LogP contribution in [0.5, 0.6) is 0 Å². The first-order chi connectivity index (χ1) is 16.3. The quantitative estimate of drug-likeness (QED) is 0.507. The zero-order valence-electron chi connectivity index (χ0n) is 18.5. The maximum atomic E-state index is 13.4. The minimum atomic E-state index is -4.51. The number of aromatic nitrogens is 4. The third-order valence-corrected chi connectivity index (χ3v) is 6.45. The third-order valence-electron chi connectivity index (χ3n) is 5.53. The van der Waals surface area contributed by atoms with Gasteiger partial charge in [0.1, 0.15) is 0 Å². The molecule has 2 aromatic carbocycles. The summed E-state index contributed by atoms with van der Waals surface area (Å²) in [6, 6.07) is 12.7. The van der Waals surface area contributed by atoms with E-state index in [4.69, 9.17) is 0 Å². The molecule has 0 unspecified atom stereocenters. The molecule has 180 valence electrons. The van der Waals surface area contributed by atoms with Gasteiger partial charge in [-0.25, -0.2) is 0 Å². The van der Waals surface area contributed by atoms with Gasteiger partial charge in [-0.15, -0.1) is 5.10 Å². The summed E-state index contributed by atoms with van der Waals surface area (Å²) in [5.41, 5.74) is 0.658. The Balaban J connectivity index is 1.49. The molecule has 12 heteroatoms. The monoisotopic (exact) mass is 491 g/mol. The van der Waals surface area contributed by atoms with E-state index in [9.17, 15) is 18.0 Å². The lowest BCUT2D eigenvalue weighted by molar-refractivity contribution is -0.137. The van der Waals surface area contributed by atoms with E-state index in [2.05, 4.69) is 32.7 Å². The summed E-state index contributed by atoms with van der Waals surface area (Å²) in [6.07, 6.45) is -4.51. The summed E-state index contributed by atoms with van der Waals surface area (Å²) in [7, 11) is 0. The number of thioether (sulfide) groups is 1. The van der Waals surface area contributed by atoms with E-state index in [-0.39, 0.29) is 11.4 Å². The smallest absolute Gasteiger partial charge is 0.367 e. The summed E-state index contributed by atoms with van der Waals surface area (Å²) < 4.78 is 41.6. The Morgan fingerprint density at radius 3 is 2.50 bits per heavy atom. The Labute approximate surface area is 199 Å². The van der Waals surface area contributed by atoms with Crippen molar-refractivity contribution < 1.29 is 18.0 Å². The number of carbonyl (C=O) groups excluding carboxylic acids is 1. The highest BCUT2D eigenvalue weighted by Crippen LogP contribution is 2.36. The Morgan fingerprint density at radius 1 is 1.09 bits per heavy atom. The van der Waals surface area contributed by atoms with Gasteiger partial charge in [-0.3, -0.25) is 4.79 Å². The zero-order chi connectivity index (χ0) is 24.1. The highest BCUT2D eigenvalue weighted by atomic mass is 32.2. The van der Waals surface area contributed by atoms with E-state index in [1.54, 1.807) is 0 Å². The lowest BCUT2D eigenvalue weighted by Gasteiger charge is -2.36. The number of amides is 1. The predicted molar refractivity (Wildman–Crippen MR) is 124 cm³/mol. The summed E-state index contributed by atoms with van der Waals surface area (Å²) in [5, 5.41) is 14.6. The van der Waals surface area contributed by atoms with E-state index in [1.165, 1.54) is 10.7 Å². The maximum absolute atomic E-state index is 13.4. The molecule has 0 atom stereocenters. The van der Waals surface area contributed by atoms with Crippen molar-refractivity contribution in [3.63, 3.8) is 0 Å². The van der Waals surface area contributed by atoms with Gasteiger partial charge in [0.15, 0.2) is 0 Å². The van der Waals surface area contributed by atoms with Crippen molar-refractivity contribution in [3.05, 3.63) is 54.1 Å². The zero-order valence-corrected chi connectivity index (χ0v) is 19.3. The number of anilines is 2. The van der Waals surface area contributed by atoms with Crippen LogP contribution in [0, 0.1) is 0 Å². The molecule has 0 spiro atoms. The number of likely N-dealkylation sites (N-methyl/N-ethyl adjacent to an activating group) is 1. The number of halogens is 3. The maximum Gasteiger partial charge on any atom is 0.416 e. The predicted octanol–water partition coefficient (Wildman–Crippen LogP) is 3.55. The molecule has 0 saturated carbocycles. The van der Waals surface area contributed by atoms with E-state index in [0.717, 1.165) is 49.2 Å². The summed E-state index contributed by atoms with van der Waals surface area (Å²) in [6.45, 7) is 5.95. The second-order valence-electron chi connectivity index (χ2n) is 7.70. The number of hydrogen-bond donors (Lipinski definition) is 1. The first-order valence-corrected chi connectivity index (χ1v) is 11.8. The number of para-hydroxylation sites is 1. The van der Waals surface area contributed by atoms with Crippen LogP contribution in [0.4, 0.5) is 24.5 Å². The number of rotatable bonds is 7. The van der Waals surface area contributed by atoms with Crippen LogP contribution in [0.1, 0.15) is 12.5 Å². The number of tetrazole rings is 1. The fourth-order valence-electron chi connectivity index (χ4n) is 3.71. The fourth-order valence-corrected chi connectivity index (χ4v) is 4.40. The van der Waals surface area contributed by atoms with Gasteiger partial charge in [0.25, 0.3) is 0 Å². The van der Waals surface area contributed by atoms with Gasteiger partial charge in [0.05, 0.1) is 28.4 Å². The van der Waals surface area contributed by atoms with Gasteiger partial charge in [0.2, 0.25) is 11.1 Å². The highest BCUT2D eigenvalue weighted by Gasteiger charge is 2.32. The Morgan fingerprint density at radius 2 is 1.82 bits per heavy atom. The lowest BCUT2D eigenvalue weighted by atomic mass is 10.1. The average molecular weight is 492 g/mol. The number of nitrogens with one attached hydrogen (secondary N) is 1. The third kappa shape index (κ3) is 5.68. The Hall–Kier alpha value is -3.12. The van der Waals surface area contributed by atoms with Crippen LogP contribution in [0.25, 0.3) is 5.69 Å². The number of hydrogen-bond acceptors (Lipinski definition) is 7. The Bertz CT molecular complexity index is 1120. The normalized spacial score (nSPS) is 14.9. The summed E-state index contributed by atoms with van der Waals surface area (Å²) >= 11 is 1.10. The van der Waals surface area contributed by atoms with Gasteiger partial charge in [-0.2, -0.15) is 17.9 Å². The minimum Gasteiger partial charge on any atom is -0.367 e. The molecule has 0 radical (unpaired) electrons. The van der Waals surface area contributed by atoms with Crippen molar-refractivity contribution in [1.82, 2.24) is 25.1 Å². The largest absolute Gasteiger partial charge is 0.416 e. The molecule has 0 bridgehead atoms.